The molecular weight excluding hydrogens is 206 g/mol. The maximum absolute atomic E-state index is 11.3. The summed E-state index contributed by atoms with van der Waals surface area (Å²) in [6.07, 6.45) is 3.53. The Morgan fingerprint density at radius 2 is 2.06 bits per heavy atom. The molecule has 2 aliphatic rings. The SMILES string of the molecule is CC1(O)CCN(CC2(C=O)CCOCC2)C1. The molecule has 0 aromatic rings. The Labute approximate surface area is 96.6 Å². The zero-order chi connectivity index (χ0) is 11.6. The Kier molecular flexibility index (Phi) is 3.33. The van der Waals surface area contributed by atoms with Gasteiger partial charge in [-0.1, -0.05) is 0 Å². The Morgan fingerprint density at radius 3 is 2.56 bits per heavy atom. The van der Waals surface area contributed by atoms with Gasteiger partial charge in [-0.05, 0) is 26.2 Å². The van der Waals surface area contributed by atoms with Crippen molar-refractivity contribution in [2.24, 2.45) is 5.41 Å². The third-order valence-corrected chi connectivity index (χ3v) is 3.81. The van der Waals surface area contributed by atoms with Crippen molar-refractivity contribution in [3.63, 3.8) is 0 Å². The highest BCUT2D eigenvalue weighted by Crippen LogP contribution is 2.31. The van der Waals surface area contributed by atoms with E-state index in [1.54, 1.807) is 0 Å². The van der Waals surface area contributed by atoms with Crippen LogP contribution in [0.25, 0.3) is 0 Å². The zero-order valence-corrected chi connectivity index (χ0v) is 9.95. The Bertz CT molecular complexity index is 259. The number of hydrogen-bond acceptors (Lipinski definition) is 4. The summed E-state index contributed by atoms with van der Waals surface area (Å²) in [7, 11) is 0. The van der Waals surface area contributed by atoms with Gasteiger partial charge in [-0.2, -0.15) is 0 Å². The molecule has 2 rings (SSSR count). The van der Waals surface area contributed by atoms with E-state index in [0.29, 0.717) is 19.8 Å². The number of hydrogen-bond donors (Lipinski definition) is 1. The minimum atomic E-state index is -0.574. The zero-order valence-electron chi connectivity index (χ0n) is 9.95. The molecule has 2 heterocycles. The number of aliphatic hydroxyl groups is 1. The maximum atomic E-state index is 11.3. The van der Waals surface area contributed by atoms with Gasteiger partial charge in [0.25, 0.3) is 0 Å². The van der Waals surface area contributed by atoms with E-state index in [2.05, 4.69) is 4.90 Å². The summed E-state index contributed by atoms with van der Waals surface area (Å²) in [6, 6.07) is 0. The molecule has 1 atom stereocenters. The van der Waals surface area contributed by atoms with Crippen LogP contribution >= 0.6 is 0 Å². The van der Waals surface area contributed by atoms with Crippen molar-refractivity contribution in [3.05, 3.63) is 0 Å². The summed E-state index contributed by atoms with van der Waals surface area (Å²) in [5, 5.41) is 9.90. The fourth-order valence-electron chi connectivity index (χ4n) is 2.71. The first-order chi connectivity index (χ1) is 7.55. The minimum Gasteiger partial charge on any atom is -0.389 e. The number of aldehydes is 1. The minimum absolute atomic E-state index is 0.237. The summed E-state index contributed by atoms with van der Waals surface area (Å²) >= 11 is 0. The fraction of sp³-hybridized carbons (Fsp3) is 0.917. The monoisotopic (exact) mass is 227 g/mol. The smallest absolute Gasteiger partial charge is 0.127 e. The van der Waals surface area contributed by atoms with Crippen molar-refractivity contribution < 1.29 is 14.6 Å². The summed E-state index contributed by atoms with van der Waals surface area (Å²) < 4.78 is 5.31. The third-order valence-electron chi connectivity index (χ3n) is 3.81. The number of β-amino-alcohol motifs (C(OH)–C–C–N with tert-alkyl or cyclic N) is 1. The van der Waals surface area contributed by atoms with Crippen LogP contribution in [0.15, 0.2) is 0 Å². The lowest BCUT2D eigenvalue weighted by molar-refractivity contribution is -0.123. The normalized spacial score (nSPS) is 35.1. The number of carbonyl (C=O) groups is 1. The molecule has 0 radical (unpaired) electrons. The van der Waals surface area contributed by atoms with Crippen molar-refractivity contribution in [1.29, 1.82) is 0 Å². The Balaban J connectivity index is 1.94. The van der Waals surface area contributed by atoms with E-state index in [1.807, 2.05) is 6.92 Å². The number of carbonyl (C=O) groups excluding carboxylic acids is 1. The molecule has 2 saturated heterocycles. The standard InChI is InChI=1S/C12H21NO3/c1-11(15)2-5-13(8-11)9-12(10-14)3-6-16-7-4-12/h10,15H,2-9H2,1H3. The lowest BCUT2D eigenvalue weighted by Gasteiger charge is -2.35. The fourth-order valence-corrected chi connectivity index (χ4v) is 2.71. The molecule has 2 fully saturated rings. The van der Waals surface area contributed by atoms with Crippen molar-refractivity contribution in [1.82, 2.24) is 4.90 Å². The second-order valence-electron chi connectivity index (χ2n) is 5.55. The van der Waals surface area contributed by atoms with E-state index < -0.39 is 5.60 Å². The topological polar surface area (TPSA) is 49.8 Å². The van der Waals surface area contributed by atoms with Crippen LogP contribution in [0.2, 0.25) is 0 Å². The van der Waals surface area contributed by atoms with Crippen LogP contribution in [-0.2, 0) is 9.53 Å². The van der Waals surface area contributed by atoms with Gasteiger partial charge in [0.05, 0.1) is 5.60 Å². The Morgan fingerprint density at radius 1 is 1.38 bits per heavy atom. The molecule has 0 bridgehead atoms. The van der Waals surface area contributed by atoms with Gasteiger partial charge in [0, 0.05) is 38.3 Å². The van der Waals surface area contributed by atoms with Gasteiger partial charge in [-0.15, -0.1) is 0 Å². The molecule has 2 aliphatic heterocycles. The highest BCUT2D eigenvalue weighted by Gasteiger charge is 2.38. The van der Waals surface area contributed by atoms with E-state index in [4.69, 9.17) is 4.74 Å². The van der Waals surface area contributed by atoms with Gasteiger partial charge < -0.3 is 14.6 Å². The lowest BCUT2D eigenvalue weighted by Crippen LogP contribution is -2.43. The molecule has 92 valence electrons. The average Bonchev–Trinajstić information content (AvgIpc) is 2.59. The van der Waals surface area contributed by atoms with E-state index >= 15 is 0 Å². The van der Waals surface area contributed by atoms with Gasteiger partial charge in [0.2, 0.25) is 0 Å². The molecule has 0 spiro atoms. The summed E-state index contributed by atoms with van der Waals surface area (Å²) in [4.78, 5) is 13.5. The van der Waals surface area contributed by atoms with Crippen LogP contribution in [-0.4, -0.2) is 54.7 Å². The molecule has 1 N–H and O–H groups in total. The molecular formula is C12H21NO3. The van der Waals surface area contributed by atoms with Crippen molar-refractivity contribution >= 4 is 6.29 Å². The number of nitrogens with zero attached hydrogens (tertiary/aromatic N) is 1. The van der Waals surface area contributed by atoms with Crippen molar-refractivity contribution in [3.8, 4) is 0 Å². The first-order valence-electron chi connectivity index (χ1n) is 6.04. The number of rotatable bonds is 3. The van der Waals surface area contributed by atoms with Gasteiger partial charge in [-0.25, -0.2) is 0 Å². The highest BCUT2D eigenvalue weighted by molar-refractivity contribution is 5.60. The van der Waals surface area contributed by atoms with E-state index in [9.17, 15) is 9.90 Å². The van der Waals surface area contributed by atoms with Gasteiger partial charge in [0.1, 0.15) is 6.29 Å². The van der Waals surface area contributed by atoms with Crippen LogP contribution in [0.1, 0.15) is 26.2 Å². The first kappa shape index (κ1) is 12.0. The van der Waals surface area contributed by atoms with Gasteiger partial charge >= 0.3 is 0 Å². The molecule has 16 heavy (non-hydrogen) atoms. The lowest BCUT2D eigenvalue weighted by atomic mass is 9.81. The van der Waals surface area contributed by atoms with E-state index in [-0.39, 0.29) is 5.41 Å². The van der Waals surface area contributed by atoms with E-state index in [1.165, 1.54) is 0 Å². The second kappa shape index (κ2) is 4.43. The predicted molar refractivity (Wildman–Crippen MR) is 60.2 cm³/mol. The Hall–Kier alpha value is -0.450. The van der Waals surface area contributed by atoms with Crippen LogP contribution in [0, 0.1) is 5.41 Å². The second-order valence-corrected chi connectivity index (χ2v) is 5.55. The number of ether oxygens (including phenoxy) is 1. The molecule has 0 amide bonds. The quantitative estimate of drug-likeness (QED) is 0.711. The summed E-state index contributed by atoms with van der Waals surface area (Å²) in [5.74, 6) is 0. The van der Waals surface area contributed by atoms with Crippen LogP contribution in [0.4, 0.5) is 0 Å². The molecule has 4 heteroatoms. The van der Waals surface area contributed by atoms with E-state index in [0.717, 1.165) is 38.6 Å². The van der Waals surface area contributed by atoms with Crippen molar-refractivity contribution in [2.45, 2.75) is 31.8 Å². The molecule has 4 nitrogen and oxygen atoms in total. The van der Waals surface area contributed by atoms with Crippen LogP contribution in [0.3, 0.4) is 0 Å². The van der Waals surface area contributed by atoms with Crippen molar-refractivity contribution in [2.75, 3.05) is 32.8 Å². The molecule has 0 aromatic heterocycles. The third kappa shape index (κ3) is 2.62. The van der Waals surface area contributed by atoms with Gasteiger partial charge in [0.15, 0.2) is 0 Å². The first-order valence-corrected chi connectivity index (χ1v) is 6.04. The predicted octanol–water partition coefficient (Wildman–Crippen LogP) is 0.439. The molecule has 0 saturated carbocycles. The summed E-state index contributed by atoms with van der Waals surface area (Å²) in [6.45, 7) is 5.58. The largest absolute Gasteiger partial charge is 0.389 e. The summed E-state index contributed by atoms with van der Waals surface area (Å²) in [5.41, 5.74) is -0.812. The number of likely N-dealkylation sites (tertiary alicyclic amines) is 1. The molecule has 0 aromatic carbocycles. The average molecular weight is 227 g/mol. The molecule has 0 aliphatic carbocycles. The highest BCUT2D eigenvalue weighted by atomic mass is 16.5. The maximum Gasteiger partial charge on any atom is 0.127 e. The molecule has 1 unspecified atom stereocenters. The van der Waals surface area contributed by atoms with Crippen LogP contribution in [0.5, 0.6) is 0 Å². The van der Waals surface area contributed by atoms with Crippen LogP contribution < -0.4 is 0 Å². The van der Waals surface area contributed by atoms with Gasteiger partial charge in [-0.3, -0.25) is 4.90 Å².